The molecule has 0 saturated carbocycles. The molecule has 0 bridgehead atoms. The molecule has 1 aliphatic heterocycles. The number of hydrogen-bond acceptors (Lipinski definition) is 8. The average molecular weight is 452 g/mol. The minimum absolute atomic E-state index is 0.0814. The predicted octanol–water partition coefficient (Wildman–Crippen LogP) is 3.34. The first-order valence-corrected chi connectivity index (χ1v) is 10.00. The van der Waals surface area contributed by atoms with E-state index in [-0.39, 0.29) is 6.04 Å². The van der Waals surface area contributed by atoms with Crippen LogP contribution >= 0.6 is 15.9 Å². The highest BCUT2D eigenvalue weighted by Gasteiger charge is 2.26. The largest absolute Gasteiger partial charge is 0.497 e. The van der Waals surface area contributed by atoms with Crippen LogP contribution in [0, 0.1) is 6.92 Å². The first kappa shape index (κ1) is 20.6. The zero-order valence-electron chi connectivity index (χ0n) is 16.9. The summed E-state index contributed by atoms with van der Waals surface area (Å²) in [6.07, 6.45) is 0. The van der Waals surface area contributed by atoms with Crippen molar-refractivity contribution >= 4 is 33.5 Å². The van der Waals surface area contributed by atoms with Crippen LogP contribution in [0.25, 0.3) is 0 Å². The van der Waals surface area contributed by atoms with Gasteiger partial charge in [-0.25, -0.2) is 0 Å². The fourth-order valence-corrected chi connectivity index (χ4v) is 3.73. The van der Waals surface area contributed by atoms with Crippen molar-refractivity contribution < 1.29 is 14.2 Å². The number of methoxy groups -OCH3 is 2. The molecule has 0 radical (unpaired) electrons. The number of rotatable bonds is 6. The van der Waals surface area contributed by atoms with Gasteiger partial charge in [0.05, 0.1) is 27.4 Å². The minimum Gasteiger partial charge on any atom is -0.497 e. The lowest BCUT2D eigenvalue weighted by Crippen LogP contribution is -2.38. The Bertz CT molecular complexity index is 827. The van der Waals surface area contributed by atoms with Gasteiger partial charge in [-0.3, -0.25) is 0 Å². The second kappa shape index (κ2) is 8.91. The molecule has 0 aliphatic carbocycles. The van der Waals surface area contributed by atoms with E-state index in [0.29, 0.717) is 42.4 Å². The third-order valence-electron chi connectivity index (χ3n) is 4.45. The van der Waals surface area contributed by atoms with Gasteiger partial charge < -0.3 is 24.0 Å². The Balaban J connectivity index is 2.10. The molecule has 2 heterocycles. The first-order valence-electron chi connectivity index (χ1n) is 9.20. The van der Waals surface area contributed by atoms with Crippen molar-refractivity contribution in [2.24, 2.45) is 0 Å². The normalized spacial score (nSPS) is 14.3. The van der Waals surface area contributed by atoms with Gasteiger partial charge in [0.1, 0.15) is 23.0 Å². The van der Waals surface area contributed by atoms with E-state index in [0.717, 1.165) is 23.2 Å². The number of hydrogen-bond donors (Lipinski definition) is 0. The van der Waals surface area contributed by atoms with Gasteiger partial charge in [0.25, 0.3) is 0 Å². The van der Waals surface area contributed by atoms with Crippen LogP contribution in [-0.2, 0) is 4.74 Å². The quantitative estimate of drug-likeness (QED) is 0.661. The molecule has 1 aliphatic rings. The maximum Gasteiger partial charge on any atom is 0.235 e. The Labute approximate surface area is 174 Å². The van der Waals surface area contributed by atoms with Crippen LogP contribution in [0.3, 0.4) is 0 Å². The highest BCUT2D eigenvalue weighted by atomic mass is 79.9. The van der Waals surface area contributed by atoms with Crippen molar-refractivity contribution in [1.29, 1.82) is 0 Å². The zero-order chi connectivity index (χ0) is 20.3. The van der Waals surface area contributed by atoms with Crippen LogP contribution in [0.5, 0.6) is 11.5 Å². The van der Waals surface area contributed by atoms with Gasteiger partial charge in [-0.2, -0.15) is 15.0 Å². The number of ether oxygens (including phenoxy) is 3. The SMILES string of the molecule is COc1cc(Br)c(N(c2nc(C)nc(N3CCOCC3)n2)C(C)C)c(OC)c1. The van der Waals surface area contributed by atoms with E-state index in [1.165, 1.54) is 0 Å². The summed E-state index contributed by atoms with van der Waals surface area (Å²) in [6.45, 7) is 8.93. The molecule has 8 nitrogen and oxygen atoms in total. The molecule has 0 atom stereocenters. The number of morpholine rings is 1. The van der Waals surface area contributed by atoms with Gasteiger partial charge in [0, 0.05) is 29.7 Å². The van der Waals surface area contributed by atoms with E-state index >= 15 is 0 Å². The van der Waals surface area contributed by atoms with Crippen LogP contribution < -0.4 is 19.3 Å². The van der Waals surface area contributed by atoms with Gasteiger partial charge in [0.15, 0.2) is 0 Å². The third kappa shape index (κ3) is 4.30. The van der Waals surface area contributed by atoms with Gasteiger partial charge >= 0.3 is 0 Å². The topological polar surface area (TPSA) is 72.8 Å². The first-order chi connectivity index (χ1) is 13.4. The maximum atomic E-state index is 5.65. The van der Waals surface area contributed by atoms with E-state index in [9.17, 15) is 0 Å². The summed E-state index contributed by atoms with van der Waals surface area (Å²) >= 11 is 3.66. The Morgan fingerprint density at radius 1 is 1.11 bits per heavy atom. The van der Waals surface area contributed by atoms with Crippen molar-refractivity contribution in [1.82, 2.24) is 15.0 Å². The van der Waals surface area contributed by atoms with E-state index in [4.69, 9.17) is 19.2 Å². The number of nitrogens with zero attached hydrogens (tertiary/aromatic N) is 5. The zero-order valence-corrected chi connectivity index (χ0v) is 18.5. The summed E-state index contributed by atoms with van der Waals surface area (Å²) < 4.78 is 17.3. The van der Waals surface area contributed by atoms with Crippen LogP contribution in [0.2, 0.25) is 0 Å². The maximum absolute atomic E-state index is 5.65. The lowest BCUT2D eigenvalue weighted by molar-refractivity contribution is 0.122. The average Bonchev–Trinajstić information content (AvgIpc) is 2.69. The lowest BCUT2D eigenvalue weighted by Gasteiger charge is -2.31. The standard InChI is InChI=1S/C19H26BrN5O3/c1-12(2)25(17-15(20)10-14(26-4)11-16(17)27-5)19-22-13(3)21-18(23-19)24-6-8-28-9-7-24/h10-12H,6-9H2,1-5H3. The molecule has 1 aromatic carbocycles. The summed E-state index contributed by atoms with van der Waals surface area (Å²) in [6, 6.07) is 3.84. The van der Waals surface area contributed by atoms with Crippen LogP contribution in [0.4, 0.5) is 17.6 Å². The van der Waals surface area contributed by atoms with Crippen molar-refractivity contribution in [2.75, 3.05) is 50.3 Å². The molecule has 0 unspecified atom stereocenters. The molecule has 3 rings (SSSR count). The number of aryl methyl sites for hydroxylation is 1. The second-order valence-corrected chi connectivity index (χ2v) is 7.56. The summed E-state index contributed by atoms with van der Waals surface area (Å²) in [5.41, 5.74) is 0.844. The summed E-state index contributed by atoms with van der Waals surface area (Å²) in [7, 11) is 3.27. The molecule has 152 valence electrons. The molecule has 1 aromatic heterocycles. The van der Waals surface area contributed by atoms with Crippen molar-refractivity contribution in [3.05, 3.63) is 22.4 Å². The van der Waals surface area contributed by atoms with E-state index in [1.54, 1.807) is 14.2 Å². The molecule has 1 fully saturated rings. The highest BCUT2D eigenvalue weighted by Crippen LogP contribution is 2.43. The summed E-state index contributed by atoms with van der Waals surface area (Å²) in [4.78, 5) is 18.1. The monoisotopic (exact) mass is 451 g/mol. The number of halogens is 1. The fourth-order valence-electron chi connectivity index (χ4n) is 3.11. The number of benzene rings is 1. The number of aromatic nitrogens is 3. The minimum atomic E-state index is 0.0814. The van der Waals surface area contributed by atoms with Gasteiger partial charge in [0.2, 0.25) is 11.9 Å². The van der Waals surface area contributed by atoms with E-state index < -0.39 is 0 Å². The van der Waals surface area contributed by atoms with E-state index in [2.05, 4.69) is 44.6 Å². The second-order valence-electron chi connectivity index (χ2n) is 6.71. The smallest absolute Gasteiger partial charge is 0.235 e. The van der Waals surface area contributed by atoms with E-state index in [1.807, 2.05) is 24.0 Å². The van der Waals surface area contributed by atoms with Gasteiger partial charge in [-0.1, -0.05) is 0 Å². The Hall–Kier alpha value is -2.13. The Kier molecular flexibility index (Phi) is 6.56. The highest BCUT2D eigenvalue weighted by molar-refractivity contribution is 9.10. The van der Waals surface area contributed by atoms with Gasteiger partial charge in [-0.05, 0) is 42.8 Å². The van der Waals surface area contributed by atoms with Gasteiger partial charge in [-0.15, -0.1) is 0 Å². The van der Waals surface area contributed by atoms with Crippen LogP contribution in [0.1, 0.15) is 19.7 Å². The summed E-state index contributed by atoms with van der Waals surface area (Å²) in [5.74, 6) is 3.29. The molecule has 9 heteroatoms. The molecule has 0 N–H and O–H groups in total. The molecule has 28 heavy (non-hydrogen) atoms. The lowest BCUT2D eigenvalue weighted by atomic mass is 10.2. The Morgan fingerprint density at radius 2 is 1.82 bits per heavy atom. The molecular formula is C19H26BrN5O3. The van der Waals surface area contributed by atoms with Crippen LogP contribution in [0.15, 0.2) is 16.6 Å². The number of anilines is 3. The van der Waals surface area contributed by atoms with Crippen molar-refractivity contribution in [2.45, 2.75) is 26.8 Å². The molecule has 0 amide bonds. The molecular weight excluding hydrogens is 426 g/mol. The molecule has 1 saturated heterocycles. The molecule has 2 aromatic rings. The van der Waals surface area contributed by atoms with Crippen LogP contribution in [-0.4, -0.2) is 61.5 Å². The summed E-state index contributed by atoms with van der Waals surface area (Å²) in [5, 5.41) is 0. The fraction of sp³-hybridized carbons (Fsp3) is 0.526. The third-order valence-corrected chi connectivity index (χ3v) is 5.05. The molecule has 0 spiro atoms. The van der Waals surface area contributed by atoms with Crippen molar-refractivity contribution in [3.63, 3.8) is 0 Å². The van der Waals surface area contributed by atoms with Crippen molar-refractivity contribution in [3.8, 4) is 11.5 Å². The predicted molar refractivity (Wildman–Crippen MR) is 112 cm³/mol. The Morgan fingerprint density at radius 3 is 2.43 bits per heavy atom.